The molecular weight excluding hydrogens is 288 g/mol. The van der Waals surface area contributed by atoms with Gasteiger partial charge in [-0.15, -0.1) is 0 Å². The third kappa shape index (κ3) is 3.15. The van der Waals surface area contributed by atoms with Crippen molar-refractivity contribution in [3.8, 4) is 0 Å². The summed E-state index contributed by atoms with van der Waals surface area (Å²) in [5.41, 5.74) is 2.82. The highest BCUT2D eigenvalue weighted by molar-refractivity contribution is 6.31. The molecule has 0 bridgehead atoms. The van der Waals surface area contributed by atoms with Crippen molar-refractivity contribution in [1.29, 1.82) is 0 Å². The number of aliphatic hydroxyl groups excluding tert-OH is 1. The van der Waals surface area contributed by atoms with E-state index >= 15 is 0 Å². The standard InChI is InChI=1S/C15H15ClN4O/c16-13-6-12-2-1-3-17-15(12)14(7-13)18-8-11-9-19-20(10-11)4-5-21/h1-3,6-7,9-10,18,21H,4-5,8H2. The zero-order chi connectivity index (χ0) is 14.7. The first-order chi connectivity index (χ1) is 10.3. The van der Waals surface area contributed by atoms with Crippen LogP contribution in [0.1, 0.15) is 5.56 Å². The third-order valence-corrected chi connectivity index (χ3v) is 3.39. The molecule has 3 aromatic rings. The molecule has 2 heterocycles. The first-order valence-electron chi connectivity index (χ1n) is 6.66. The Morgan fingerprint density at radius 1 is 1.33 bits per heavy atom. The van der Waals surface area contributed by atoms with Gasteiger partial charge in [-0.25, -0.2) is 0 Å². The fourth-order valence-electron chi connectivity index (χ4n) is 2.21. The fourth-order valence-corrected chi connectivity index (χ4v) is 2.44. The molecule has 5 nitrogen and oxygen atoms in total. The van der Waals surface area contributed by atoms with Gasteiger partial charge in [0.1, 0.15) is 0 Å². The Balaban J connectivity index is 1.81. The van der Waals surface area contributed by atoms with Crippen molar-refractivity contribution in [2.75, 3.05) is 11.9 Å². The third-order valence-electron chi connectivity index (χ3n) is 3.17. The van der Waals surface area contributed by atoms with E-state index in [0.29, 0.717) is 18.1 Å². The number of aliphatic hydroxyl groups is 1. The molecule has 1 aromatic carbocycles. The number of hydrogen-bond acceptors (Lipinski definition) is 4. The summed E-state index contributed by atoms with van der Waals surface area (Å²) >= 11 is 6.14. The van der Waals surface area contributed by atoms with Crippen molar-refractivity contribution >= 4 is 28.2 Å². The van der Waals surface area contributed by atoms with Gasteiger partial charge in [-0.1, -0.05) is 17.7 Å². The molecular formula is C15H15ClN4O. The largest absolute Gasteiger partial charge is 0.394 e. The SMILES string of the molecule is OCCn1cc(CNc2cc(Cl)cc3cccnc23)cn1. The Morgan fingerprint density at radius 3 is 3.10 bits per heavy atom. The number of fused-ring (bicyclic) bond motifs is 1. The van der Waals surface area contributed by atoms with Gasteiger partial charge in [0.05, 0.1) is 30.6 Å². The van der Waals surface area contributed by atoms with Crippen LogP contribution in [0.3, 0.4) is 0 Å². The quantitative estimate of drug-likeness (QED) is 0.760. The zero-order valence-electron chi connectivity index (χ0n) is 11.3. The minimum atomic E-state index is 0.0808. The highest BCUT2D eigenvalue weighted by Crippen LogP contribution is 2.26. The Kier molecular flexibility index (Phi) is 4.03. The van der Waals surface area contributed by atoms with E-state index in [9.17, 15) is 0 Å². The van der Waals surface area contributed by atoms with Gasteiger partial charge in [0.2, 0.25) is 0 Å². The number of hydrogen-bond donors (Lipinski definition) is 2. The normalized spacial score (nSPS) is 11.0. The van der Waals surface area contributed by atoms with Gasteiger partial charge < -0.3 is 10.4 Å². The maximum Gasteiger partial charge on any atom is 0.0934 e. The molecule has 0 aliphatic carbocycles. The first kappa shape index (κ1) is 13.9. The molecule has 0 unspecified atom stereocenters. The number of nitrogens with zero attached hydrogens (tertiary/aromatic N) is 3. The molecule has 0 fully saturated rings. The minimum Gasteiger partial charge on any atom is -0.394 e. The molecule has 0 amide bonds. The van der Waals surface area contributed by atoms with Crippen molar-refractivity contribution in [3.63, 3.8) is 0 Å². The van der Waals surface area contributed by atoms with Crippen LogP contribution in [-0.4, -0.2) is 26.5 Å². The Bertz CT molecular complexity index is 756. The van der Waals surface area contributed by atoms with E-state index in [-0.39, 0.29) is 6.61 Å². The van der Waals surface area contributed by atoms with Gasteiger partial charge in [0.15, 0.2) is 0 Å². The average molecular weight is 303 g/mol. The number of aromatic nitrogens is 3. The summed E-state index contributed by atoms with van der Waals surface area (Å²) in [5.74, 6) is 0. The van der Waals surface area contributed by atoms with E-state index in [2.05, 4.69) is 15.4 Å². The van der Waals surface area contributed by atoms with Crippen LogP contribution in [0.4, 0.5) is 5.69 Å². The minimum absolute atomic E-state index is 0.0808. The van der Waals surface area contributed by atoms with Crippen LogP contribution in [0, 0.1) is 0 Å². The van der Waals surface area contributed by atoms with E-state index < -0.39 is 0 Å². The van der Waals surface area contributed by atoms with Gasteiger partial charge in [-0.05, 0) is 18.2 Å². The van der Waals surface area contributed by atoms with E-state index in [0.717, 1.165) is 22.2 Å². The monoisotopic (exact) mass is 302 g/mol. The van der Waals surface area contributed by atoms with Crippen molar-refractivity contribution in [2.24, 2.45) is 0 Å². The van der Waals surface area contributed by atoms with Crippen molar-refractivity contribution in [3.05, 3.63) is 53.4 Å². The summed E-state index contributed by atoms with van der Waals surface area (Å²) in [6.45, 7) is 1.20. The fraction of sp³-hybridized carbons (Fsp3) is 0.200. The summed E-state index contributed by atoms with van der Waals surface area (Å²) in [6, 6.07) is 7.64. The zero-order valence-corrected chi connectivity index (χ0v) is 12.1. The lowest BCUT2D eigenvalue weighted by molar-refractivity contribution is 0.269. The number of rotatable bonds is 5. The average Bonchev–Trinajstić information content (AvgIpc) is 2.93. The van der Waals surface area contributed by atoms with Crippen LogP contribution >= 0.6 is 11.6 Å². The summed E-state index contributed by atoms with van der Waals surface area (Å²) in [6.07, 6.45) is 5.45. The summed E-state index contributed by atoms with van der Waals surface area (Å²) < 4.78 is 1.71. The Morgan fingerprint density at radius 2 is 2.24 bits per heavy atom. The second kappa shape index (κ2) is 6.11. The predicted octanol–water partition coefficient (Wildman–Crippen LogP) is 2.69. The van der Waals surface area contributed by atoms with Crippen LogP contribution < -0.4 is 5.32 Å². The molecule has 0 aliphatic rings. The molecule has 0 aliphatic heterocycles. The molecule has 2 aromatic heterocycles. The van der Waals surface area contributed by atoms with Crippen molar-refractivity contribution < 1.29 is 5.11 Å². The number of benzene rings is 1. The summed E-state index contributed by atoms with van der Waals surface area (Å²) in [4.78, 5) is 4.39. The van der Waals surface area contributed by atoms with Gasteiger partial charge >= 0.3 is 0 Å². The lowest BCUT2D eigenvalue weighted by Gasteiger charge is -2.09. The van der Waals surface area contributed by atoms with E-state index in [1.54, 1.807) is 17.1 Å². The number of halogens is 1. The summed E-state index contributed by atoms with van der Waals surface area (Å²) in [7, 11) is 0. The molecule has 108 valence electrons. The lowest BCUT2D eigenvalue weighted by Crippen LogP contribution is -2.02. The van der Waals surface area contributed by atoms with Gasteiger partial charge in [0, 0.05) is 34.9 Å². The number of pyridine rings is 1. The molecule has 2 N–H and O–H groups in total. The van der Waals surface area contributed by atoms with Crippen LogP contribution in [0.25, 0.3) is 10.9 Å². The molecule has 6 heteroatoms. The molecule has 0 saturated heterocycles. The van der Waals surface area contributed by atoms with E-state index in [1.807, 2.05) is 30.5 Å². The molecule has 0 radical (unpaired) electrons. The smallest absolute Gasteiger partial charge is 0.0934 e. The number of anilines is 1. The van der Waals surface area contributed by atoms with Crippen LogP contribution in [-0.2, 0) is 13.1 Å². The maximum atomic E-state index is 8.89. The molecule has 0 atom stereocenters. The van der Waals surface area contributed by atoms with Gasteiger partial charge in [0.25, 0.3) is 0 Å². The molecule has 0 saturated carbocycles. The second-order valence-electron chi connectivity index (χ2n) is 4.72. The Hall–Kier alpha value is -2.11. The van der Waals surface area contributed by atoms with Crippen LogP contribution in [0.2, 0.25) is 5.02 Å². The molecule has 0 spiro atoms. The highest BCUT2D eigenvalue weighted by Gasteiger charge is 2.05. The predicted molar refractivity (Wildman–Crippen MR) is 83.4 cm³/mol. The van der Waals surface area contributed by atoms with E-state index in [1.165, 1.54) is 0 Å². The lowest BCUT2D eigenvalue weighted by atomic mass is 10.2. The topological polar surface area (TPSA) is 63.0 Å². The Labute approximate surface area is 127 Å². The first-order valence-corrected chi connectivity index (χ1v) is 7.04. The van der Waals surface area contributed by atoms with E-state index in [4.69, 9.17) is 16.7 Å². The van der Waals surface area contributed by atoms with Gasteiger partial charge in [-0.2, -0.15) is 5.10 Å². The van der Waals surface area contributed by atoms with Gasteiger partial charge in [-0.3, -0.25) is 9.67 Å². The second-order valence-corrected chi connectivity index (χ2v) is 5.15. The van der Waals surface area contributed by atoms with Crippen LogP contribution in [0.5, 0.6) is 0 Å². The highest BCUT2D eigenvalue weighted by atomic mass is 35.5. The van der Waals surface area contributed by atoms with Crippen molar-refractivity contribution in [2.45, 2.75) is 13.1 Å². The summed E-state index contributed by atoms with van der Waals surface area (Å²) in [5, 5.41) is 18.1. The van der Waals surface area contributed by atoms with Crippen molar-refractivity contribution in [1.82, 2.24) is 14.8 Å². The number of nitrogens with one attached hydrogen (secondary N) is 1. The molecule has 3 rings (SSSR count). The molecule has 21 heavy (non-hydrogen) atoms. The van der Waals surface area contributed by atoms with Crippen LogP contribution in [0.15, 0.2) is 42.9 Å². The maximum absolute atomic E-state index is 8.89.